The van der Waals surface area contributed by atoms with E-state index in [4.69, 9.17) is 8.94 Å². The molecule has 0 amide bonds. The van der Waals surface area contributed by atoms with Gasteiger partial charge >= 0.3 is 0 Å². The van der Waals surface area contributed by atoms with Crippen molar-refractivity contribution >= 4 is 0 Å². The number of nitrogens with zero attached hydrogens (tertiary/aromatic N) is 2. The smallest absolute Gasteiger partial charge is 0.246 e. The third kappa shape index (κ3) is 2.24. The van der Waals surface area contributed by atoms with Crippen molar-refractivity contribution in [2.45, 2.75) is 33.2 Å². The molecule has 0 saturated heterocycles. The molecule has 0 unspecified atom stereocenters. The van der Waals surface area contributed by atoms with Gasteiger partial charge in [0, 0.05) is 0 Å². The Morgan fingerprint density at radius 3 is 2.76 bits per heavy atom. The second-order valence-electron chi connectivity index (χ2n) is 4.47. The fraction of sp³-hybridized carbons (Fsp3) is 0.500. The van der Waals surface area contributed by atoms with Gasteiger partial charge in [-0.3, -0.25) is 0 Å². The Kier molecular flexibility index (Phi) is 3.02. The average molecular weight is 235 g/mol. The largest absolute Gasteiger partial charge is 0.469 e. The highest BCUT2D eigenvalue weighted by Crippen LogP contribution is 2.24. The number of hydrogen-bond donors (Lipinski definition) is 1. The summed E-state index contributed by atoms with van der Waals surface area (Å²) in [5, 5.41) is 7.27. The highest BCUT2D eigenvalue weighted by Gasteiger charge is 2.27. The lowest BCUT2D eigenvalue weighted by Crippen LogP contribution is -2.36. The third-order valence-electron chi connectivity index (χ3n) is 2.68. The van der Waals surface area contributed by atoms with E-state index in [1.54, 1.807) is 6.26 Å². The molecular formula is C12H17N3O2. The van der Waals surface area contributed by atoms with Gasteiger partial charge in [0.2, 0.25) is 11.7 Å². The lowest BCUT2D eigenvalue weighted by Gasteiger charge is -2.20. The van der Waals surface area contributed by atoms with Gasteiger partial charge in [0.15, 0.2) is 0 Å². The van der Waals surface area contributed by atoms with Crippen LogP contribution in [0.15, 0.2) is 21.3 Å². The minimum absolute atomic E-state index is 0.322. The van der Waals surface area contributed by atoms with Crippen LogP contribution in [0.2, 0.25) is 0 Å². The van der Waals surface area contributed by atoms with Gasteiger partial charge in [-0.1, -0.05) is 12.1 Å². The first kappa shape index (κ1) is 11.9. The molecule has 17 heavy (non-hydrogen) atoms. The molecule has 0 radical (unpaired) electrons. The molecule has 5 heteroatoms. The predicted octanol–water partition coefficient (Wildman–Crippen LogP) is 2.48. The van der Waals surface area contributed by atoms with E-state index in [-0.39, 0.29) is 5.54 Å². The first-order valence-corrected chi connectivity index (χ1v) is 5.68. The molecule has 0 saturated carbocycles. The van der Waals surface area contributed by atoms with E-state index in [1.165, 1.54) is 0 Å². The summed E-state index contributed by atoms with van der Waals surface area (Å²) in [6.45, 7) is 8.78. The minimum Gasteiger partial charge on any atom is -0.469 e. The second kappa shape index (κ2) is 4.33. The van der Waals surface area contributed by atoms with Crippen LogP contribution >= 0.6 is 0 Å². The number of rotatable bonds is 4. The molecule has 0 bridgehead atoms. The number of aryl methyl sites for hydroxylation is 1. The summed E-state index contributed by atoms with van der Waals surface area (Å²) in [7, 11) is 0. The van der Waals surface area contributed by atoms with Crippen molar-refractivity contribution in [3.05, 3.63) is 24.0 Å². The van der Waals surface area contributed by atoms with Crippen LogP contribution in [0, 0.1) is 6.92 Å². The fourth-order valence-electron chi connectivity index (χ4n) is 1.72. The van der Waals surface area contributed by atoms with Crippen molar-refractivity contribution in [1.29, 1.82) is 0 Å². The third-order valence-corrected chi connectivity index (χ3v) is 2.68. The summed E-state index contributed by atoms with van der Waals surface area (Å²) in [6.07, 6.45) is 1.62. The first-order valence-electron chi connectivity index (χ1n) is 5.68. The normalized spacial score (nSPS) is 12.0. The van der Waals surface area contributed by atoms with Crippen LogP contribution < -0.4 is 5.32 Å². The van der Waals surface area contributed by atoms with Gasteiger partial charge in [-0.05, 0) is 33.4 Å². The maximum absolute atomic E-state index is 5.30. The van der Waals surface area contributed by atoms with Crippen LogP contribution in [0.5, 0.6) is 0 Å². The summed E-state index contributed by atoms with van der Waals surface area (Å²) >= 11 is 0. The van der Waals surface area contributed by atoms with E-state index in [2.05, 4.69) is 15.5 Å². The van der Waals surface area contributed by atoms with Crippen molar-refractivity contribution < 1.29 is 8.94 Å². The Bertz CT molecular complexity index is 499. The van der Waals surface area contributed by atoms with E-state index < -0.39 is 0 Å². The van der Waals surface area contributed by atoms with Gasteiger partial charge in [-0.15, -0.1) is 0 Å². The van der Waals surface area contributed by atoms with Crippen LogP contribution in [-0.2, 0) is 5.54 Å². The molecule has 2 rings (SSSR count). The molecular weight excluding hydrogens is 218 g/mol. The van der Waals surface area contributed by atoms with Gasteiger partial charge in [-0.2, -0.15) is 4.98 Å². The van der Waals surface area contributed by atoms with Crippen molar-refractivity contribution in [2.75, 3.05) is 6.54 Å². The summed E-state index contributed by atoms with van der Waals surface area (Å²) in [6, 6.07) is 1.84. The average Bonchev–Trinajstić information content (AvgIpc) is 2.85. The Labute approximate surface area is 100 Å². The molecule has 0 spiro atoms. The van der Waals surface area contributed by atoms with Gasteiger partial charge in [0.25, 0.3) is 0 Å². The molecule has 92 valence electrons. The van der Waals surface area contributed by atoms with E-state index in [0.29, 0.717) is 11.7 Å². The maximum atomic E-state index is 5.30. The zero-order valence-corrected chi connectivity index (χ0v) is 10.6. The molecule has 0 atom stereocenters. The second-order valence-corrected chi connectivity index (χ2v) is 4.47. The molecule has 2 aromatic heterocycles. The quantitative estimate of drug-likeness (QED) is 0.882. The molecule has 2 aromatic rings. The number of nitrogens with one attached hydrogen (secondary N) is 1. The number of hydrogen-bond acceptors (Lipinski definition) is 5. The van der Waals surface area contributed by atoms with E-state index in [1.807, 2.05) is 33.8 Å². The van der Waals surface area contributed by atoms with Crippen LogP contribution in [0.4, 0.5) is 0 Å². The highest BCUT2D eigenvalue weighted by molar-refractivity contribution is 5.56. The Morgan fingerprint density at radius 2 is 2.18 bits per heavy atom. The summed E-state index contributed by atoms with van der Waals surface area (Å²) in [4.78, 5) is 4.40. The molecule has 2 heterocycles. The monoisotopic (exact) mass is 235 g/mol. The fourth-order valence-corrected chi connectivity index (χ4v) is 1.72. The lowest BCUT2D eigenvalue weighted by atomic mass is 10.1. The van der Waals surface area contributed by atoms with Crippen LogP contribution in [0.1, 0.15) is 32.4 Å². The van der Waals surface area contributed by atoms with Gasteiger partial charge in [0.05, 0.1) is 17.4 Å². The zero-order valence-electron chi connectivity index (χ0n) is 10.6. The topological polar surface area (TPSA) is 64.1 Å². The minimum atomic E-state index is -0.322. The first-order chi connectivity index (χ1) is 8.04. The molecule has 0 aliphatic carbocycles. The SMILES string of the molecule is CCNC(C)(C)c1nc(-c2ccoc2C)no1. The Hall–Kier alpha value is -1.62. The molecule has 5 nitrogen and oxygen atoms in total. The van der Waals surface area contributed by atoms with Crippen molar-refractivity contribution in [2.24, 2.45) is 0 Å². The Balaban J connectivity index is 2.31. The zero-order chi connectivity index (χ0) is 12.5. The summed E-state index contributed by atoms with van der Waals surface area (Å²) < 4.78 is 10.5. The van der Waals surface area contributed by atoms with Crippen LogP contribution in [0.25, 0.3) is 11.4 Å². The Morgan fingerprint density at radius 1 is 1.41 bits per heavy atom. The molecule has 0 aliphatic rings. The molecule has 0 aromatic carbocycles. The molecule has 0 fully saturated rings. The van der Waals surface area contributed by atoms with Gasteiger partial charge in [-0.25, -0.2) is 0 Å². The van der Waals surface area contributed by atoms with Crippen molar-refractivity contribution in [3.63, 3.8) is 0 Å². The summed E-state index contributed by atoms with van der Waals surface area (Å²) in [5.74, 6) is 1.94. The van der Waals surface area contributed by atoms with Gasteiger partial charge in [0.1, 0.15) is 5.76 Å². The lowest BCUT2D eigenvalue weighted by molar-refractivity contribution is 0.272. The van der Waals surface area contributed by atoms with Crippen LogP contribution in [-0.4, -0.2) is 16.7 Å². The molecule has 1 N–H and O–H groups in total. The standard InChI is InChI=1S/C12H17N3O2/c1-5-13-12(3,4)11-14-10(15-17-11)9-6-7-16-8(9)2/h6-7,13H,5H2,1-4H3. The summed E-state index contributed by atoms with van der Waals surface area (Å²) in [5.41, 5.74) is 0.546. The molecule has 0 aliphatic heterocycles. The maximum Gasteiger partial charge on any atom is 0.246 e. The van der Waals surface area contributed by atoms with Crippen molar-refractivity contribution in [3.8, 4) is 11.4 Å². The number of aromatic nitrogens is 2. The van der Waals surface area contributed by atoms with Gasteiger partial charge < -0.3 is 14.3 Å². The van der Waals surface area contributed by atoms with Crippen LogP contribution in [0.3, 0.4) is 0 Å². The predicted molar refractivity (Wildman–Crippen MR) is 63.4 cm³/mol. The van der Waals surface area contributed by atoms with E-state index in [0.717, 1.165) is 17.9 Å². The number of furan rings is 1. The van der Waals surface area contributed by atoms with E-state index >= 15 is 0 Å². The van der Waals surface area contributed by atoms with E-state index in [9.17, 15) is 0 Å². The highest BCUT2D eigenvalue weighted by atomic mass is 16.5. The van der Waals surface area contributed by atoms with Crippen molar-refractivity contribution in [1.82, 2.24) is 15.5 Å².